The van der Waals surface area contributed by atoms with Crippen molar-refractivity contribution in [1.29, 1.82) is 0 Å². The van der Waals surface area contributed by atoms with E-state index in [9.17, 15) is 9.46 Å². The summed E-state index contributed by atoms with van der Waals surface area (Å²) < 4.78 is 32.7. The maximum atomic E-state index is 11.6. The number of ether oxygens (including phenoxy) is 2. The molecule has 0 fully saturated rings. The SMILES string of the molecule is CCCCCCOCCOCCOP(=O)(O)OCC[N+](C)(C)C. The van der Waals surface area contributed by atoms with Crippen LogP contribution in [0.1, 0.15) is 32.6 Å². The molecule has 0 radical (unpaired) electrons. The molecule has 1 N–H and O–H groups in total. The molecule has 0 aromatic heterocycles. The van der Waals surface area contributed by atoms with Gasteiger partial charge in [0.05, 0.1) is 47.6 Å². The molecule has 1 atom stereocenters. The zero-order valence-corrected chi connectivity index (χ0v) is 16.1. The van der Waals surface area contributed by atoms with E-state index < -0.39 is 7.82 Å². The third kappa shape index (κ3) is 18.2. The van der Waals surface area contributed by atoms with Crippen molar-refractivity contribution in [3.63, 3.8) is 0 Å². The molecule has 0 bridgehead atoms. The Labute approximate surface area is 141 Å². The first kappa shape index (κ1) is 23.0. The Morgan fingerprint density at radius 3 is 2.00 bits per heavy atom. The van der Waals surface area contributed by atoms with Gasteiger partial charge < -0.3 is 18.9 Å². The Morgan fingerprint density at radius 1 is 0.826 bits per heavy atom. The molecule has 0 amide bonds. The van der Waals surface area contributed by atoms with Gasteiger partial charge in [0.1, 0.15) is 13.2 Å². The lowest BCUT2D eigenvalue weighted by molar-refractivity contribution is -0.870. The highest BCUT2D eigenvalue weighted by atomic mass is 31.2. The van der Waals surface area contributed by atoms with E-state index >= 15 is 0 Å². The number of quaternary nitrogens is 1. The topological polar surface area (TPSA) is 74.2 Å². The lowest BCUT2D eigenvalue weighted by Crippen LogP contribution is -2.37. The first-order chi connectivity index (χ1) is 10.8. The van der Waals surface area contributed by atoms with E-state index in [0.29, 0.717) is 24.2 Å². The number of rotatable bonds is 16. The third-order valence-electron chi connectivity index (χ3n) is 3.01. The van der Waals surface area contributed by atoms with Crippen LogP contribution in [0, 0.1) is 0 Å². The van der Waals surface area contributed by atoms with Gasteiger partial charge in [-0.15, -0.1) is 0 Å². The van der Waals surface area contributed by atoms with Crippen LogP contribution in [-0.2, 0) is 23.1 Å². The monoisotopic (exact) mass is 356 g/mol. The minimum absolute atomic E-state index is 0.0225. The molecular weight excluding hydrogens is 321 g/mol. The van der Waals surface area contributed by atoms with Crippen LogP contribution in [0.4, 0.5) is 0 Å². The van der Waals surface area contributed by atoms with E-state index in [1.807, 2.05) is 21.1 Å². The number of likely N-dealkylation sites (N-methyl/N-ethyl adjacent to an activating group) is 1. The van der Waals surface area contributed by atoms with Crippen LogP contribution in [0.2, 0.25) is 0 Å². The highest BCUT2D eigenvalue weighted by molar-refractivity contribution is 7.47. The van der Waals surface area contributed by atoms with Gasteiger partial charge in [0.15, 0.2) is 0 Å². The van der Waals surface area contributed by atoms with Crippen molar-refractivity contribution in [2.75, 3.05) is 67.3 Å². The molecule has 140 valence electrons. The predicted octanol–water partition coefficient (Wildman–Crippen LogP) is 2.44. The van der Waals surface area contributed by atoms with E-state index in [0.717, 1.165) is 13.0 Å². The highest BCUT2D eigenvalue weighted by Gasteiger charge is 2.22. The summed E-state index contributed by atoms with van der Waals surface area (Å²) >= 11 is 0. The fourth-order valence-electron chi connectivity index (χ4n) is 1.63. The fourth-order valence-corrected chi connectivity index (χ4v) is 2.32. The van der Waals surface area contributed by atoms with Crippen LogP contribution >= 0.6 is 7.82 Å². The Bertz CT molecular complexity index is 322. The molecule has 0 saturated heterocycles. The zero-order valence-electron chi connectivity index (χ0n) is 15.2. The lowest BCUT2D eigenvalue weighted by Gasteiger charge is -2.24. The highest BCUT2D eigenvalue weighted by Crippen LogP contribution is 2.42. The molecular formula is C15H35NO6P+. The molecule has 23 heavy (non-hydrogen) atoms. The van der Waals surface area contributed by atoms with Crippen LogP contribution < -0.4 is 0 Å². The maximum absolute atomic E-state index is 11.6. The van der Waals surface area contributed by atoms with Crippen molar-refractivity contribution < 1.29 is 32.5 Å². The molecule has 0 aromatic rings. The third-order valence-corrected chi connectivity index (χ3v) is 4.03. The van der Waals surface area contributed by atoms with Crippen molar-refractivity contribution in [3.8, 4) is 0 Å². The van der Waals surface area contributed by atoms with Crippen LogP contribution in [0.3, 0.4) is 0 Å². The average Bonchev–Trinajstić information content (AvgIpc) is 2.43. The number of hydrogen-bond acceptors (Lipinski definition) is 5. The number of unbranched alkanes of at least 4 members (excludes halogenated alkanes) is 3. The van der Waals surface area contributed by atoms with Gasteiger partial charge in [-0.3, -0.25) is 9.05 Å². The van der Waals surface area contributed by atoms with Crippen LogP contribution in [0.5, 0.6) is 0 Å². The van der Waals surface area contributed by atoms with E-state index in [1.165, 1.54) is 19.3 Å². The smallest absolute Gasteiger partial charge is 0.379 e. The molecule has 0 heterocycles. The molecule has 7 nitrogen and oxygen atoms in total. The standard InChI is InChI=1S/C15H34NO6P/c1-5-6-7-8-10-19-12-13-20-14-15-22-23(17,18)21-11-9-16(2,3)4/h5-15H2,1-4H3/p+1. The van der Waals surface area contributed by atoms with E-state index in [-0.39, 0.29) is 19.8 Å². The van der Waals surface area contributed by atoms with E-state index in [1.54, 1.807) is 0 Å². The Balaban J connectivity index is 3.40. The quantitative estimate of drug-likeness (QED) is 0.260. The van der Waals surface area contributed by atoms with Gasteiger partial charge >= 0.3 is 7.82 Å². The normalized spacial score (nSPS) is 14.8. The van der Waals surface area contributed by atoms with Crippen molar-refractivity contribution in [3.05, 3.63) is 0 Å². The molecule has 0 rings (SSSR count). The molecule has 0 saturated carbocycles. The second-order valence-corrected chi connectivity index (χ2v) is 7.89. The van der Waals surface area contributed by atoms with Crippen LogP contribution in [-0.4, -0.2) is 76.7 Å². The van der Waals surface area contributed by atoms with Gasteiger partial charge in [0.25, 0.3) is 0 Å². The molecule has 0 aromatic carbocycles. The Hall–Kier alpha value is -0.0100. The van der Waals surface area contributed by atoms with Gasteiger partial charge in [-0.05, 0) is 6.42 Å². The van der Waals surface area contributed by atoms with Crippen molar-refractivity contribution >= 4 is 7.82 Å². The molecule has 8 heteroatoms. The first-order valence-electron chi connectivity index (χ1n) is 8.34. The fraction of sp³-hybridized carbons (Fsp3) is 1.00. The first-order valence-corrected chi connectivity index (χ1v) is 9.84. The number of phosphoric acid groups is 1. The summed E-state index contributed by atoms with van der Waals surface area (Å²) in [6.07, 6.45) is 4.74. The number of phosphoric ester groups is 1. The summed E-state index contributed by atoms with van der Waals surface area (Å²) in [7, 11) is 1.96. The number of nitrogens with zero attached hydrogens (tertiary/aromatic N) is 1. The van der Waals surface area contributed by atoms with Gasteiger partial charge in [-0.1, -0.05) is 26.2 Å². The summed E-state index contributed by atoms with van der Waals surface area (Å²) in [6.45, 7) is 4.97. The Morgan fingerprint density at radius 2 is 1.39 bits per heavy atom. The van der Waals surface area contributed by atoms with E-state index in [4.69, 9.17) is 18.5 Å². The van der Waals surface area contributed by atoms with Gasteiger partial charge in [0, 0.05) is 6.61 Å². The minimum Gasteiger partial charge on any atom is -0.379 e. The molecule has 1 unspecified atom stereocenters. The Kier molecular flexibility index (Phi) is 13.3. The minimum atomic E-state index is -3.98. The summed E-state index contributed by atoms with van der Waals surface area (Å²) in [6, 6.07) is 0. The summed E-state index contributed by atoms with van der Waals surface area (Å²) in [5.41, 5.74) is 0. The second kappa shape index (κ2) is 13.3. The molecule has 0 spiro atoms. The molecule has 0 aliphatic carbocycles. The van der Waals surface area contributed by atoms with Crippen molar-refractivity contribution in [2.45, 2.75) is 32.6 Å². The van der Waals surface area contributed by atoms with Crippen LogP contribution in [0.15, 0.2) is 0 Å². The second-order valence-electron chi connectivity index (χ2n) is 6.43. The van der Waals surface area contributed by atoms with Crippen LogP contribution in [0.25, 0.3) is 0 Å². The largest absolute Gasteiger partial charge is 0.472 e. The van der Waals surface area contributed by atoms with Crippen molar-refractivity contribution in [2.24, 2.45) is 0 Å². The summed E-state index contributed by atoms with van der Waals surface area (Å²) in [5, 5.41) is 0. The van der Waals surface area contributed by atoms with Gasteiger partial charge in [-0.25, -0.2) is 4.57 Å². The predicted molar refractivity (Wildman–Crippen MR) is 90.4 cm³/mol. The molecule has 0 aliphatic heterocycles. The summed E-state index contributed by atoms with van der Waals surface area (Å²) in [5.74, 6) is 0. The average molecular weight is 356 g/mol. The number of hydrogen-bond donors (Lipinski definition) is 1. The molecule has 0 aliphatic rings. The lowest BCUT2D eigenvalue weighted by atomic mass is 10.2. The van der Waals surface area contributed by atoms with E-state index in [2.05, 4.69) is 6.92 Å². The van der Waals surface area contributed by atoms with Gasteiger partial charge in [-0.2, -0.15) is 0 Å². The van der Waals surface area contributed by atoms with Gasteiger partial charge in [0.2, 0.25) is 0 Å². The summed E-state index contributed by atoms with van der Waals surface area (Å²) in [4.78, 5) is 9.48. The maximum Gasteiger partial charge on any atom is 0.472 e. The zero-order chi connectivity index (χ0) is 17.6. The van der Waals surface area contributed by atoms with Crippen molar-refractivity contribution in [1.82, 2.24) is 0 Å².